The highest BCUT2D eigenvalue weighted by molar-refractivity contribution is 5.87. The number of hydrogen-bond acceptors (Lipinski definition) is 4. The molecule has 1 aliphatic heterocycles. The molecule has 2 aromatic rings. The summed E-state index contributed by atoms with van der Waals surface area (Å²) in [6, 6.07) is 5.00. The average Bonchev–Trinajstić information content (AvgIpc) is 2.83. The molecular formula is C14H19N3O. The number of nitrogens with zero attached hydrogens (tertiary/aromatic N) is 2. The van der Waals surface area contributed by atoms with E-state index in [1.54, 1.807) is 12.5 Å². The van der Waals surface area contributed by atoms with E-state index in [1.807, 2.05) is 12.1 Å². The van der Waals surface area contributed by atoms with Gasteiger partial charge in [0.15, 0.2) is 0 Å². The molecular weight excluding hydrogens is 226 g/mol. The number of pyridine rings is 1. The van der Waals surface area contributed by atoms with Gasteiger partial charge in [0, 0.05) is 24.8 Å². The third-order valence-corrected chi connectivity index (χ3v) is 3.93. The molecule has 0 amide bonds. The minimum atomic E-state index is 0.504. The van der Waals surface area contributed by atoms with Gasteiger partial charge in [-0.1, -0.05) is 0 Å². The number of piperidine rings is 1. The molecule has 0 saturated carbocycles. The fourth-order valence-corrected chi connectivity index (χ4v) is 2.62. The highest BCUT2D eigenvalue weighted by Gasteiger charge is 2.23. The first-order valence-electron chi connectivity index (χ1n) is 6.53. The molecule has 4 heteroatoms. The van der Waals surface area contributed by atoms with Crippen molar-refractivity contribution in [1.29, 1.82) is 0 Å². The SMILES string of the molecule is CC1CC(Nc2nccc3occc23)CCN1C. The molecule has 1 aliphatic rings. The number of furan rings is 1. The summed E-state index contributed by atoms with van der Waals surface area (Å²) in [5.74, 6) is 0.947. The molecule has 2 atom stereocenters. The lowest BCUT2D eigenvalue weighted by molar-refractivity contribution is 0.190. The van der Waals surface area contributed by atoms with Crippen LogP contribution in [0.1, 0.15) is 19.8 Å². The van der Waals surface area contributed by atoms with E-state index in [0.29, 0.717) is 12.1 Å². The van der Waals surface area contributed by atoms with E-state index >= 15 is 0 Å². The normalized spacial score (nSPS) is 25.4. The van der Waals surface area contributed by atoms with Crippen LogP contribution < -0.4 is 5.32 Å². The summed E-state index contributed by atoms with van der Waals surface area (Å²) in [5, 5.41) is 4.64. The Morgan fingerprint density at radius 2 is 2.33 bits per heavy atom. The van der Waals surface area contributed by atoms with E-state index in [-0.39, 0.29) is 0 Å². The number of anilines is 1. The minimum absolute atomic E-state index is 0.504. The van der Waals surface area contributed by atoms with Gasteiger partial charge >= 0.3 is 0 Å². The van der Waals surface area contributed by atoms with Gasteiger partial charge in [-0.3, -0.25) is 0 Å². The first kappa shape index (κ1) is 11.5. The summed E-state index contributed by atoms with van der Waals surface area (Å²) < 4.78 is 5.40. The Hall–Kier alpha value is -1.55. The van der Waals surface area contributed by atoms with Gasteiger partial charge in [0.05, 0.1) is 11.6 Å². The van der Waals surface area contributed by atoms with Gasteiger partial charge in [-0.15, -0.1) is 0 Å². The largest absolute Gasteiger partial charge is 0.464 e. The second kappa shape index (κ2) is 4.61. The van der Waals surface area contributed by atoms with Crippen molar-refractivity contribution in [3.8, 4) is 0 Å². The van der Waals surface area contributed by atoms with Crippen molar-refractivity contribution < 1.29 is 4.42 Å². The van der Waals surface area contributed by atoms with Crippen LogP contribution in [0.4, 0.5) is 5.82 Å². The number of nitrogens with one attached hydrogen (secondary N) is 1. The molecule has 1 saturated heterocycles. The van der Waals surface area contributed by atoms with E-state index in [0.717, 1.165) is 36.2 Å². The molecule has 1 N–H and O–H groups in total. The number of aromatic nitrogens is 1. The lowest BCUT2D eigenvalue weighted by atomic mass is 9.99. The quantitative estimate of drug-likeness (QED) is 0.883. The van der Waals surface area contributed by atoms with Gasteiger partial charge in [-0.05, 0) is 38.9 Å². The van der Waals surface area contributed by atoms with Crippen LogP contribution in [0.3, 0.4) is 0 Å². The van der Waals surface area contributed by atoms with Crippen LogP contribution in [0.2, 0.25) is 0 Å². The second-order valence-electron chi connectivity index (χ2n) is 5.19. The highest BCUT2D eigenvalue weighted by Crippen LogP contribution is 2.25. The third-order valence-electron chi connectivity index (χ3n) is 3.93. The third kappa shape index (κ3) is 2.08. The van der Waals surface area contributed by atoms with E-state index in [4.69, 9.17) is 4.42 Å². The lowest BCUT2D eigenvalue weighted by Crippen LogP contribution is -2.42. The summed E-state index contributed by atoms with van der Waals surface area (Å²) in [7, 11) is 2.19. The molecule has 0 aromatic carbocycles. The van der Waals surface area contributed by atoms with Crippen LogP contribution >= 0.6 is 0 Å². The monoisotopic (exact) mass is 245 g/mol. The summed E-state index contributed by atoms with van der Waals surface area (Å²) in [5.41, 5.74) is 0.897. The first-order chi connectivity index (χ1) is 8.74. The Balaban J connectivity index is 1.78. The molecule has 1 fully saturated rings. The summed E-state index contributed by atoms with van der Waals surface area (Å²) in [6.07, 6.45) is 5.84. The first-order valence-corrected chi connectivity index (χ1v) is 6.53. The van der Waals surface area contributed by atoms with Crippen LogP contribution in [0.15, 0.2) is 29.0 Å². The van der Waals surface area contributed by atoms with E-state index in [1.165, 1.54) is 0 Å². The van der Waals surface area contributed by atoms with Gasteiger partial charge in [0.2, 0.25) is 0 Å². The highest BCUT2D eigenvalue weighted by atomic mass is 16.3. The standard InChI is InChI=1S/C14H19N3O/c1-10-9-11(4-7-17(10)2)16-14-12-5-8-18-13(12)3-6-15-14/h3,5-6,8,10-11H,4,7,9H2,1-2H3,(H,15,16). The van der Waals surface area contributed by atoms with Crippen molar-refractivity contribution in [1.82, 2.24) is 9.88 Å². The molecule has 2 aromatic heterocycles. The minimum Gasteiger partial charge on any atom is -0.464 e. The van der Waals surface area contributed by atoms with Gasteiger partial charge < -0.3 is 14.6 Å². The second-order valence-corrected chi connectivity index (χ2v) is 5.19. The number of rotatable bonds is 2. The molecule has 0 aliphatic carbocycles. The Bertz CT molecular complexity index is 537. The number of likely N-dealkylation sites (tertiary alicyclic amines) is 1. The van der Waals surface area contributed by atoms with E-state index in [9.17, 15) is 0 Å². The summed E-state index contributed by atoms with van der Waals surface area (Å²) in [4.78, 5) is 6.84. The van der Waals surface area contributed by atoms with Gasteiger partial charge in [0.1, 0.15) is 11.4 Å². The zero-order valence-electron chi connectivity index (χ0n) is 10.9. The molecule has 2 unspecified atom stereocenters. The van der Waals surface area contributed by atoms with Crippen molar-refractivity contribution in [2.75, 3.05) is 18.9 Å². The van der Waals surface area contributed by atoms with Gasteiger partial charge in [0.25, 0.3) is 0 Å². The maximum Gasteiger partial charge on any atom is 0.139 e. The molecule has 3 rings (SSSR count). The molecule has 4 nitrogen and oxygen atoms in total. The van der Waals surface area contributed by atoms with Gasteiger partial charge in [-0.25, -0.2) is 4.98 Å². The zero-order valence-corrected chi connectivity index (χ0v) is 10.9. The van der Waals surface area contributed by atoms with Crippen molar-refractivity contribution in [2.24, 2.45) is 0 Å². The number of hydrogen-bond donors (Lipinski definition) is 1. The predicted octanol–water partition coefficient (Wildman–Crippen LogP) is 2.72. The van der Waals surface area contributed by atoms with Gasteiger partial charge in [-0.2, -0.15) is 0 Å². The van der Waals surface area contributed by atoms with Crippen molar-refractivity contribution in [2.45, 2.75) is 31.8 Å². The number of fused-ring (bicyclic) bond motifs is 1. The predicted molar refractivity (Wildman–Crippen MR) is 72.7 cm³/mol. The van der Waals surface area contributed by atoms with Crippen LogP contribution in [0, 0.1) is 0 Å². The van der Waals surface area contributed by atoms with Crippen LogP contribution in [-0.2, 0) is 0 Å². The van der Waals surface area contributed by atoms with Crippen LogP contribution in [0.25, 0.3) is 11.0 Å². The zero-order chi connectivity index (χ0) is 12.5. The van der Waals surface area contributed by atoms with Crippen molar-refractivity contribution in [3.63, 3.8) is 0 Å². The Morgan fingerprint density at radius 1 is 1.44 bits per heavy atom. The van der Waals surface area contributed by atoms with Crippen molar-refractivity contribution >= 4 is 16.8 Å². The van der Waals surface area contributed by atoms with Crippen LogP contribution in [0.5, 0.6) is 0 Å². The summed E-state index contributed by atoms with van der Waals surface area (Å²) in [6.45, 7) is 3.42. The average molecular weight is 245 g/mol. The van der Waals surface area contributed by atoms with Crippen molar-refractivity contribution in [3.05, 3.63) is 24.6 Å². The Kier molecular flexibility index (Phi) is 2.96. The fraction of sp³-hybridized carbons (Fsp3) is 0.500. The Morgan fingerprint density at radius 3 is 3.17 bits per heavy atom. The molecule has 0 radical (unpaired) electrons. The topological polar surface area (TPSA) is 41.3 Å². The molecule has 18 heavy (non-hydrogen) atoms. The molecule has 0 spiro atoms. The van der Waals surface area contributed by atoms with Crippen LogP contribution in [-0.4, -0.2) is 35.6 Å². The maximum atomic E-state index is 5.40. The van der Waals surface area contributed by atoms with E-state index < -0.39 is 0 Å². The summed E-state index contributed by atoms with van der Waals surface area (Å²) >= 11 is 0. The Labute approximate surface area is 107 Å². The van der Waals surface area contributed by atoms with E-state index in [2.05, 4.69) is 29.2 Å². The maximum absolute atomic E-state index is 5.40. The lowest BCUT2D eigenvalue weighted by Gasteiger charge is -2.35. The molecule has 3 heterocycles. The smallest absolute Gasteiger partial charge is 0.139 e. The fourth-order valence-electron chi connectivity index (χ4n) is 2.62. The molecule has 0 bridgehead atoms. The molecule has 96 valence electrons.